The van der Waals surface area contributed by atoms with Gasteiger partial charge in [-0.3, -0.25) is 9.59 Å². The van der Waals surface area contributed by atoms with E-state index in [1.807, 2.05) is 25.1 Å². The average molecular weight is 303 g/mol. The number of carbonyl (C=O) groups excluding carboxylic acids is 1. The zero-order valence-corrected chi connectivity index (χ0v) is 12.9. The van der Waals surface area contributed by atoms with Gasteiger partial charge in [-0.15, -0.1) is 0 Å². The molecule has 2 rings (SSSR count). The largest absolute Gasteiger partial charge is 0.496 e. The Labute approximate surface area is 130 Å². The van der Waals surface area contributed by atoms with Crippen molar-refractivity contribution in [3.8, 4) is 5.75 Å². The van der Waals surface area contributed by atoms with Crippen LogP contribution in [-0.2, 0) is 9.59 Å². The van der Waals surface area contributed by atoms with E-state index in [-0.39, 0.29) is 11.8 Å². The number of piperidine rings is 1. The molecule has 1 aromatic carbocycles. The number of carboxylic acid groups (broad SMARTS) is 1. The van der Waals surface area contributed by atoms with E-state index in [2.05, 4.69) is 0 Å². The number of nitrogens with zero attached hydrogens (tertiary/aromatic N) is 1. The summed E-state index contributed by atoms with van der Waals surface area (Å²) in [5.74, 6) is -0.469. The van der Waals surface area contributed by atoms with Crippen LogP contribution in [0, 0.1) is 12.8 Å². The highest BCUT2D eigenvalue weighted by atomic mass is 16.5. The maximum Gasteiger partial charge on any atom is 0.306 e. The monoisotopic (exact) mass is 303 g/mol. The molecule has 0 saturated carbocycles. The molecule has 1 aromatic rings. The summed E-state index contributed by atoms with van der Waals surface area (Å²) in [6, 6.07) is 5.78. The SMILES string of the molecule is COc1ccc(C)cc1C=CC(=O)N1CCC(C(=O)O)CC1. The fourth-order valence-electron chi connectivity index (χ4n) is 2.60. The number of carboxylic acids is 1. The number of amides is 1. The Kier molecular flexibility index (Phi) is 5.20. The van der Waals surface area contributed by atoms with Gasteiger partial charge >= 0.3 is 5.97 Å². The minimum Gasteiger partial charge on any atom is -0.496 e. The van der Waals surface area contributed by atoms with E-state index >= 15 is 0 Å². The molecule has 0 radical (unpaired) electrons. The van der Waals surface area contributed by atoms with E-state index in [1.54, 1.807) is 18.1 Å². The van der Waals surface area contributed by atoms with Gasteiger partial charge in [-0.05, 0) is 38.0 Å². The van der Waals surface area contributed by atoms with Crippen LogP contribution in [0.4, 0.5) is 0 Å². The first-order chi connectivity index (χ1) is 10.5. The van der Waals surface area contributed by atoms with Gasteiger partial charge in [0.2, 0.25) is 5.91 Å². The van der Waals surface area contributed by atoms with Gasteiger partial charge in [-0.2, -0.15) is 0 Å². The first-order valence-electron chi connectivity index (χ1n) is 7.35. The molecule has 0 atom stereocenters. The van der Waals surface area contributed by atoms with Gasteiger partial charge in [-0.1, -0.05) is 11.6 Å². The lowest BCUT2D eigenvalue weighted by Gasteiger charge is -2.29. The molecule has 1 N–H and O–H groups in total. The predicted molar refractivity (Wildman–Crippen MR) is 83.7 cm³/mol. The number of likely N-dealkylation sites (tertiary alicyclic amines) is 1. The number of methoxy groups -OCH3 is 1. The lowest BCUT2D eigenvalue weighted by molar-refractivity contribution is -0.144. The highest BCUT2D eigenvalue weighted by Crippen LogP contribution is 2.22. The number of hydrogen-bond acceptors (Lipinski definition) is 3. The third kappa shape index (κ3) is 3.87. The molecule has 118 valence electrons. The fourth-order valence-corrected chi connectivity index (χ4v) is 2.60. The van der Waals surface area contributed by atoms with Gasteiger partial charge in [0.05, 0.1) is 13.0 Å². The maximum atomic E-state index is 12.2. The number of hydrogen-bond donors (Lipinski definition) is 1. The first-order valence-corrected chi connectivity index (χ1v) is 7.35. The molecule has 22 heavy (non-hydrogen) atoms. The van der Waals surface area contributed by atoms with Crippen LogP contribution in [0.2, 0.25) is 0 Å². The van der Waals surface area contributed by atoms with Crippen LogP contribution in [0.5, 0.6) is 5.75 Å². The summed E-state index contributed by atoms with van der Waals surface area (Å²) in [5.41, 5.74) is 1.95. The van der Waals surface area contributed by atoms with E-state index in [0.29, 0.717) is 25.9 Å². The van der Waals surface area contributed by atoms with Crippen molar-refractivity contribution in [2.45, 2.75) is 19.8 Å². The Morgan fingerprint density at radius 1 is 1.32 bits per heavy atom. The molecule has 1 heterocycles. The maximum absolute atomic E-state index is 12.2. The second-order valence-corrected chi connectivity index (χ2v) is 5.52. The molecule has 5 heteroatoms. The van der Waals surface area contributed by atoms with E-state index in [0.717, 1.165) is 16.9 Å². The van der Waals surface area contributed by atoms with Gasteiger partial charge in [0.1, 0.15) is 5.75 Å². The van der Waals surface area contributed by atoms with E-state index in [1.165, 1.54) is 6.08 Å². The summed E-state index contributed by atoms with van der Waals surface area (Å²) in [4.78, 5) is 24.8. The molecule has 1 saturated heterocycles. The normalized spacial score (nSPS) is 16.0. The zero-order chi connectivity index (χ0) is 16.1. The zero-order valence-electron chi connectivity index (χ0n) is 12.9. The molecular weight excluding hydrogens is 282 g/mol. The highest BCUT2D eigenvalue weighted by molar-refractivity contribution is 5.92. The standard InChI is InChI=1S/C17H21NO4/c1-12-3-5-15(22-2)14(11-12)4-6-16(19)18-9-7-13(8-10-18)17(20)21/h3-6,11,13H,7-10H2,1-2H3,(H,20,21). The van der Waals surface area contributed by atoms with Crippen LogP contribution < -0.4 is 4.74 Å². The molecule has 1 aliphatic heterocycles. The molecule has 0 aromatic heterocycles. The van der Waals surface area contributed by atoms with Crippen molar-refractivity contribution in [1.29, 1.82) is 0 Å². The lowest BCUT2D eigenvalue weighted by atomic mass is 9.97. The lowest BCUT2D eigenvalue weighted by Crippen LogP contribution is -2.39. The Balaban J connectivity index is 2.00. The number of rotatable bonds is 4. The quantitative estimate of drug-likeness (QED) is 0.867. The second-order valence-electron chi connectivity index (χ2n) is 5.52. The number of aryl methyl sites for hydroxylation is 1. The molecular formula is C17H21NO4. The van der Waals surface area contributed by atoms with Crippen LogP contribution in [0.25, 0.3) is 6.08 Å². The van der Waals surface area contributed by atoms with Gasteiger partial charge in [0.25, 0.3) is 0 Å². The van der Waals surface area contributed by atoms with Crippen LogP contribution in [0.15, 0.2) is 24.3 Å². The summed E-state index contributed by atoms with van der Waals surface area (Å²) in [5, 5.41) is 8.97. The van der Waals surface area contributed by atoms with Crippen LogP contribution in [-0.4, -0.2) is 42.1 Å². The Morgan fingerprint density at radius 3 is 2.59 bits per heavy atom. The summed E-state index contributed by atoms with van der Waals surface area (Å²) >= 11 is 0. The van der Waals surface area contributed by atoms with Gasteiger partial charge in [-0.25, -0.2) is 0 Å². The molecule has 0 unspecified atom stereocenters. The van der Waals surface area contributed by atoms with Gasteiger partial charge in [0.15, 0.2) is 0 Å². The number of carbonyl (C=O) groups is 2. The van der Waals surface area contributed by atoms with Crippen molar-refractivity contribution in [3.63, 3.8) is 0 Å². The Bertz CT molecular complexity index is 586. The molecule has 5 nitrogen and oxygen atoms in total. The minimum atomic E-state index is -0.771. The van der Waals surface area contributed by atoms with E-state index < -0.39 is 5.97 Å². The summed E-state index contributed by atoms with van der Waals surface area (Å²) in [6.07, 6.45) is 4.31. The molecule has 1 fully saturated rings. The molecule has 0 spiro atoms. The minimum absolute atomic E-state index is 0.0904. The van der Waals surface area contributed by atoms with Gasteiger partial charge in [0, 0.05) is 24.7 Å². The van der Waals surface area contributed by atoms with Crippen molar-refractivity contribution in [2.24, 2.45) is 5.92 Å². The third-order valence-electron chi connectivity index (χ3n) is 3.95. The van der Waals surface area contributed by atoms with Crippen molar-refractivity contribution in [1.82, 2.24) is 4.90 Å². The summed E-state index contributed by atoms with van der Waals surface area (Å²) in [7, 11) is 1.60. The number of benzene rings is 1. The first kappa shape index (κ1) is 16.1. The summed E-state index contributed by atoms with van der Waals surface area (Å²) in [6.45, 7) is 2.96. The topological polar surface area (TPSA) is 66.8 Å². The van der Waals surface area contributed by atoms with Crippen molar-refractivity contribution >= 4 is 18.0 Å². The van der Waals surface area contributed by atoms with Crippen molar-refractivity contribution in [2.75, 3.05) is 20.2 Å². The van der Waals surface area contributed by atoms with Crippen LogP contribution in [0.3, 0.4) is 0 Å². The highest BCUT2D eigenvalue weighted by Gasteiger charge is 2.25. The number of ether oxygens (including phenoxy) is 1. The van der Waals surface area contributed by atoms with Crippen LogP contribution in [0.1, 0.15) is 24.0 Å². The molecule has 1 amide bonds. The second kappa shape index (κ2) is 7.11. The summed E-state index contributed by atoms with van der Waals surface area (Å²) < 4.78 is 5.28. The predicted octanol–water partition coefficient (Wildman–Crippen LogP) is 2.34. The smallest absolute Gasteiger partial charge is 0.306 e. The van der Waals surface area contributed by atoms with Crippen molar-refractivity contribution < 1.29 is 19.4 Å². The van der Waals surface area contributed by atoms with E-state index in [9.17, 15) is 9.59 Å². The molecule has 1 aliphatic rings. The number of aliphatic carboxylic acids is 1. The Hall–Kier alpha value is -2.30. The Morgan fingerprint density at radius 2 is 2.00 bits per heavy atom. The third-order valence-corrected chi connectivity index (χ3v) is 3.95. The van der Waals surface area contributed by atoms with E-state index in [4.69, 9.17) is 9.84 Å². The fraction of sp³-hybridized carbons (Fsp3) is 0.412. The van der Waals surface area contributed by atoms with Gasteiger partial charge < -0.3 is 14.7 Å². The van der Waals surface area contributed by atoms with Crippen molar-refractivity contribution in [3.05, 3.63) is 35.4 Å². The molecule has 0 aliphatic carbocycles. The average Bonchev–Trinajstić information content (AvgIpc) is 2.52. The molecule has 0 bridgehead atoms. The van der Waals surface area contributed by atoms with Crippen LogP contribution >= 0.6 is 0 Å².